The van der Waals surface area contributed by atoms with Crippen molar-refractivity contribution in [1.82, 2.24) is 20.1 Å². The third-order valence-corrected chi connectivity index (χ3v) is 6.97. The summed E-state index contributed by atoms with van der Waals surface area (Å²) in [7, 11) is -3.33. The molecule has 1 aliphatic heterocycles. The Morgan fingerprint density at radius 1 is 1.13 bits per heavy atom. The first-order valence-corrected chi connectivity index (χ1v) is 12.0. The molecule has 1 saturated heterocycles. The van der Waals surface area contributed by atoms with Crippen LogP contribution in [0.5, 0.6) is 5.75 Å². The van der Waals surface area contributed by atoms with Crippen LogP contribution in [0, 0.1) is 0 Å². The van der Waals surface area contributed by atoms with E-state index in [1.807, 2.05) is 24.3 Å². The van der Waals surface area contributed by atoms with Crippen molar-refractivity contribution >= 4 is 9.84 Å². The number of nitrogens with zero attached hydrogens (tertiary/aromatic N) is 3. The molecule has 31 heavy (non-hydrogen) atoms. The number of benzene rings is 1. The first-order chi connectivity index (χ1) is 15.1. The normalized spacial score (nSPS) is 15.1. The molecule has 0 bridgehead atoms. The van der Waals surface area contributed by atoms with E-state index in [4.69, 9.17) is 9.47 Å². The minimum absolute atomic E-state index is 0.133. The maximum absolute atomic E-state index is 12.7. The van der Waals surface area contributed by atoms with E-state index in [0.717, 1.165) is 49.8 Å². The second kappa shape index (κ2) is 10.0. The molecule has 3 heterocycles. The Hall–Kier alpha value is -2.75. The molecule has 1 fully saturated rings. The van der Waals surface area contributed by atoms with Gasteiger partial charge in [0.05, 0.1) is 41.4 Å². The molecule has 4 rings (SSSR count). The molecule has 2 aromatic heterocycles. The Bertz CT molecular complexity index is 1060. The van der Waals surface area contributed by atoms with E-state index in [9.17, 15) is 8.42 Å². The van der Waals surface area contributed by atoms with Crippen LogP contribution in [0.3, 0.4) is 0 Å². The Kier molecular flexibility index (Phi) is 6.96. The van der Waals surface area contributed by atoms with Gasteiger partial charge >= 0.3 is 0 Å². The summed E-state index contributed by atoms with van der Waals surface area (Å²) in [5.41, 5.74) is 2.40. The summed E-state index contributed by atoms with van der Waals surface area (Å²) in [5, 5.41) is 6.78. The number of H-pyrrole nitrogens is 1. The molecule has 0 saturated carbocycles. The lowest BCUT2D eigenvalue weighted by atomic mass is 10.2. The van der Waals surface area contributed by atoms with Crippen LogP contribution in [0.2, 0.25) is 0 Å². The number of nitrogens with one attached hydrogen (secondary N) is 1. The van der Waals surface area contributed by atoms with Crippen molar-refractivity contribution in [2.45, 2.75) is 17.9 Å². The van der Waals surface area contributed by atoms with Gasteiger partial charge in [0.25, 0.3) is 0 Å². The quantitative estimate of drug-likeness (QED) is 0.544. The molecule has 0 atom stereocenters. The van der Waals surface area contributed by atoms with Gasteiger partial charge in [-0.05, 0) is 48.9 Å². The number of aromatic amines is 1. The van der Waals surface area contributed by atoms with Gasteiger partial charge in [0.15, 0.2) is 9.84 Å². The van der Waals surface area contributed by atoms with E-state index in [-0.39, 0.29) is 12.4 Å². The predicted octanol–water partition coefficient (Wildman–Crippen LogP) is 2.55. The van der Waals surface area contributed by atoms with Crippen molar-refractivity contribution in [2.75, 3.05) is 38.6 Å². The van der Waals surface area contributed by atoms with Crippen LogP contribution in [-0.4, -0.2) is 67.1 Å². The van der Waals surface area contributed by atoms with E-state index in [0.29, 0.717) is 17.1 Å². The minimum atomic E-state index is -3.33. The molecule has 9 heteroatoms. The molecule has 8 nitrogen and oxygen atoms in total. The van der Waals surface area contributed by atoms with Crippen molar-refractivity contribution in [3.05, 3.63) is 60.4 Å². The molecule has 3 aromatic rings. The Labute approximate surface area is 182 Å². The molecule has 0 spiro atoms. The lowest BCUT2D eigenvalue weighted by Crippen LogP contribution is -2.37. The largest absolute Gasteiger partial charge is 0.487 e. The second-order valence-corrected chi connectivity index (χ2v) is 9.52. The van der Waals surface area contributed by atoms with Crippen LogP contribution in [0.15, 0.2) is 59.8 Å². The number of sulfone groups is 1. The highest BCUT2D eigenvalue weighted by Crippen LogP contribution is 2.19. The van der Waals surface area contributed by atoms with Crippen LogP contribution in [0.1, 0.15) is 12.0 Å². The van der Waals surface area contributed by atoms with Gasteiger partial charge in [-0.1, -0.05) is 12.1 Å². The van der Waals surface area contributed by atoms with E-state index in [2.05, 4.69) is 20.1 Å². The highest BCUT2D eigenvalue weighted by atomic mass is 32.2. The van der Waals surface area contributed by atoms with Gasteiger partial charge in [-0.2, -0.15) is 5.10 Å². The van der Waals surface area contributed by atoms with Gasteiger partial charge in [-0.15, -0.1) is 0 Å². The molecule has 164 valence electrons. The summed E-state index contributed by atoms with van der Waals surface area (Å²) in [5.74, 6) is 0.746. The number of hydrogen-bond donors (Lipinski definition) is 1. The van der Waals surface area contributed by atoms with E-state index in [1.165, 1.54) is 0 Å². The maximum atomic E-state index is 12.7. The topological polar surface area (TPSA) is 97.4 Å². The zero-order chi connectivity index (χ0) is 21.5. The van der Waals surface area contributed by atoms with Gasteiger partial charge in [0, 0.05) is 19.3 Å². The standard InChI is InChI=1S/C22H26N4O4S/c27-31(28,14-2-9-26-10-12-29-13-11-26)20-4-1-3-18(15-20)17-30-19-5-6-21(23-16-19)22-7-8-24-25-22/h1,3-8,15-16H,2,9-14,17H2,(H,24,25). The number of pyridine rings is 1. The highest BCUT2D eigenvalue weighted by Gasteiger charge is 2.17. The maximum Gasteiger partial charge on any atom is 0.178 e. The van der Waals surface area contributed by atoms with Crippen LogP contribution in [-0.2, 0) is 21.2 Å². The van der Waals surface area contributed by atoms with Gasteiger partial charge in [0.1, 0.15) is 12.4 Å². The van der Waals surface area contributed by atoms with Crippen molar-refractivity contribution in [3.63, 3.8) is 0 Å². The molecular weight excluding hydrogens is 416 g/mol. The van der Waals surface area contributed by atoms with Gasteiger partial charge in [-0.25, -0.2) is 8.42 Å². The van der Waals surface area contributed by atoms with Crippen LogP contribution < -0.4 is 4.74 Å². The van der Waals surface area contributed by atoms with Crippen molar-refractivity contribution < 1.29 is 17.9 Å². The average molecular weight is 443 g/mol. The molecule has 1 aliphatic rings. The zero-order valence-electron chi connectivity index (χ0n) is 17.2. The average Bonchev–Trinajstić information content (AvgIpc) is 3.34. The lowest BCUT2D eigenvalue weighted by Gasteiger charge is -2.26. The molecular formula is C22H26N4O4S. The molecule has 0 amide bonds. The summed E-state index contributed by atoms with van der Waals surface area (Å²) in [6.07, 6.45) is 3.92. The third kappa shape index (κ3) is 5.90. The number of morpholine rings is 1. The fourth-order valence-electron chi connectivity index (χ4n) is 3.44. The summed E-state index contributed by atoms with van der Waals surface area (Å²) >= 11 is 0. The van der Waals surface area contributed by atoms with Crippen molar-refractivity contribution in [3.8, 4) is 17.1 Å². The zero-order valence-corrected chi connectivity index (χ0v) is 18.1. The summed E-state index contributed by atoms with van der Waals surface area (Å²) in [4.78, 5) is 6.94. The monoisotopic (exact) mass is 442 g/mol. The molecule has 1 N–H and O–H groups in total. The molecule has 0 radical (unpaired) electrons. The van der Waals surface area contributed by atoms with Crippen LogP contribution in [0.25, 0.3) is 11.4 Å². The minimum Gasteiger partial charge on any atom is -0.487 e. The van der Waals surface area contributed by atoms with Gasteiger partial charge in [-0.3, -0.25) is 15.0 Å². The number of aromatic nitrogens is 3. The van der Waals surface area contributed by atoms with E-state index < -0.39 is 9.84 Å². The fourth-order valence-corrected chi connectivity index (χ4v) is 4.80. The predicted molar refractivity (Wildman–Crippen MR) is 117 cm³/mol. The summed E-state index contributed by atoms with van der Waals surface area (Å²) in [6.45, 7) is 4.21. The van der Waals surface area contributed by atoms with Crippen molar-refractivity contribution in [2.24, 2.45) is 0 Å². The molecule has 0 unspecified atom stereocenters. The first-order valence-electron chi connectivity index (χ1n) is 10.3. The van der Waals surface area contributed by atoms with Crippen molar-refractivity contribution in [1.29, 1.82) is 0 Å². The van der Waals surface area contributed by atoms with E-state index in [1.54, 1.807) is 30.6 Å². The smallest absolute Gasteiger partial charge is 0.178 e. The van der Waals surface area contributed by atoms with Gasteiger partial charge < -0.3 is 9.47 Å². The Balaban J connectivity index is 1.32. The number of hydrogen-bond acceptors (Lipinski definition) is 7. The molecule has 1 aromatic carbocycles. The second-order valence-electron chi connectivity index (χ2n) is 7.41. The molecule has 0 aliphatic carbocycles. The summed E-state index contributed by atoms with van der Waals surface area (Å²) < 4.78 is 36.6. The Morgan fingerprint density at radius 3 is 2.74 bits per heavy atom. The summed E-state index contributed by atoms with van der Waals surface area (Å²) in [6, 6.07) is 12.5. The fraction of sp³-hybridized carbons (Fsp3) is 0.364. The SMILES string of the molecule is O=S(=O)(CCCN1CCOCC1)c1cccc(COc2ccc(-c3ccn[nH]3)nc2)c1. The van der Waals surface area contributed by atoms with E-state index >= 15 is 0 Å². The van der Waals surface area contributed by atoms with Crippen LogP contribution in [0.4, 0.5) is 0 Å². The number of ether oxygens (including phenoxy) is 2. The third-order valence-electron chi connectivity index (χ3n) is 5.17. The highest BCUT2D eigenvalue weighted by molar-refractivity contribution is 7.91. The van der Waals surface area contributed by atoms with Gasteiger partial charge in [0.2, 0.25) is 0 Å². The Morgan fingerprint density at radius 2 is 2.00 bits per heavy atom. The first kappa shape index (κ1) is 21.5. The van der Waals surface area contributed by atoms with Crippen LogP contribution >= 0.6 is 0 Å². The number of rotatable bonds is 9. The lowest BCUT2D eigenvalue weighted by molar-refractivity contribution is 0.0381.